The Morgan fingerprint density at radius 1 is 0.968 bits per heavy atom. The van der Waals surface area contributed by atoms with Gasteiger partial charge in [0, 0.05) is 11.1 Å². The average Bonchev–Trinajstić information content (AvgIpc) is 3.10. The van der Waals surface area contributed by atoms with Crippen LogP contribution in [0.15, 0.2) is 88.6 Å². The van der Waals surface area contributed by atoms with Gasteiger partial charge in [-0.25, -0.2) is 4.99 Å². The Labute approximate surface area is 178 Å². The summed E-state index contributed by atoms with van der Waals surface area (Å²) < 4.78 is 5.11. The first kappa shape index (κ1) is 19.9. The van der Waals surface area contributed by atoms with E-state index in [-0.39, 0.29) is 17.2 Å². The molecule has 0 fully saturated rings. The molecule has 0 bridgehead atoms. The lowest BCUT2D eigenvalue weighted by atomic mass is 10.1. The lowest BCUT2D eigenvalue weighted by Crippen LogP contribution is -2.27. The summed E-state index contributed by atoms with van der Waals surface area (Å²) >= 11 is 0. The van der Waals surface area contributed by atoms with Crippen molar-refractivity contribution in [1.82, 2.24) is 5.01 Å². The molecule has 0 unspecified atom stereocenters. The highest BCUT2D eigenvalue weighted by molar-refractivity contribution is 6.19. The fourth-order valence-electron chi connectivity index (χ4n) is 3.04. The van der Waals surface area contributed by atoms with Gasteiger partial charge in [0.2, 0.25) is 0 Å². The van der Waals surface area contributed by atoms with Crippen molar-refractivity contribution in [2.45, 2.75) is 0 Å². The number of hydrogen-bond acceptors (Lipinski definition) is 6. The zero-order chi connectivity index (χ0) is 21.8. The first-order valence-corrected chi connectivity index (χ1v) is 9.46. The van der Waals surface area contributed by atoms with Crippen LogP contribution in [0.1, 0.15) is 16.7 Å². The number of methoxy groups -OCH3 is 1. The van der Waals surface area contributed by atoms with E-state index in [0.29, 0.717) is 22.7 Å². The van der Waals surface area contributed by atoms with E-state index in [4.69, 9.17) is 4.74 Å². The predicted octanol–water partition coefficient (Wildman–Crippen LogP) is 3.77. The molecular formula is C24H19N3O4. The Morgan fingerprint density at radius 2 is 1.71 bits per heavy atom. The molecule has 1 amide bonds. The van der Waals surface area contributed by atoms with E-state index in [9.17, 15) is 15.0 Å². The van der Waals surface area contributed by atoms with E-state index in [0.717, 1.165) is 5.56 Å². The number of phenolic OH excluding ortho intramolecular Hbond substituents is 2. The number of amidine groups is 1. The number of ether oxygens (including phenoxy) is 1. The Morgan fingerprint density at radius 3 is 2.45 bits per heavy atom. The molecule has 31 heavy (non-hydrogen) atoms. The van der Waals surface area contributed by atoms with Gasteiger partial charge in [-0.1, -0.05) is 48.5 Å². The number of aromatic hydroxyl groups is 2. The Balaban J connectivity index is 1.73. The number of nitrogens with zero attached hydrogens (tertiary/aromatic N) is 3. The maximum Gasteiger partial charge on any atom is 0.298 e. The molecule has 1 heterocycles. The molecule has 1 aliphatic heterocycles. The molecule has 0 aliphatic carbocycles. The third kappa shape index (κ3) is 4.16. The number of carbonyl (C=O) groups is 1. The molecular weight excluding hydrogens is 394 g/mol. The van der Waals surface area contributed by atoms with Crippen molar-refractivity contribution in [3.63, 3.8) is 0 Å². The summed E-state index contributed by atoms with van der Waals surface area (Å²) in [7, 11) is 1.45. The van der Waals surface area contributed by atoms with Crippen LogP contribution >= 0.6 is 0 Å². The highest BCUT2D eigenvalue weighted by atomic mass is 16.5. The number of amides is 1. The molecule has 0 aromatic heterocycles. The van der Waals surface area contributed by atoms with E-state index in [1.165, 1.54) is 30.5 Å². The Bertz CT molecular complexity index is 1220. The lowest BCUT2D eigenvalue weighted by molar-refractivity contribution is -0.122. The van der Waals surface area contributed by atoms with Crippen molar-refractivity contribution in [2.24, 2.45) is 10.1 Å². The molecule has 3 aromatic rings. The van der Waals surface area contributed by atoms with E-state index >= 15 is 0 Å². The van der Waals surface area contributed by atoms with E-state index in [1.54, 1.807) is 36.4 Å². The molecule has 0 atom stereocenters. The third-order valence-electron chi connectivity index (χ3n) is 4.63. The molecule has 0 saturated heterocycles. The number of phenols is 2. The van der Waals surface area contributed by atoms with Crippen LogP contribution in [-0.2, 0) is 4.79 Å². The summed E-state index contributed by atoms with van der Waals surface area (Å²) in [5.74, 6) is 0.306. The second-order valence-corrected chi connectivity index (χ2v) is 6.68. The molecule has 0 radical (unpaired) electrons. The second-order valence-electron chi connectivity index (χ2n) is 6.68. The van der Waals surface area contributed by atoms with Crippen molar-refractivity contribution in [3.8, 4) is 17.2 Å². The highest BCUT2D eigenvalue weighted by Crippen LogP contribution is 2.27. The summed E-state index contributed by atoms with van der Waals surface area (Å²) in [5, 5.41) is 25.4. The SMILES string of the molecule is COc1cc(/C=N/N2C(=O)C(=Cc3ccccc3O)N=C2c2ccccc2)ccc1O. The van der Waals surface area contributed by atoms with Crippen LogP contribution in [0.2, 0.25) is 0 Å². The molecule has 154 valence electrons. The number of hydrogen-bond donors (Lipinski definition) is 2. The van der Waals surface area contributed by atoms with E-state index < -0.39 is 5.91 Å². The summed E-state index contributed by atoms with van der Waals surface area (Å²) in [6.07, 6.45) is 3.01. The van der Waals surface area contributed by atoms with Crippen molar-refractivity contribution >= 4 is 24.0 Å². The van der Waals surface area contributed by atoms with Crippen LogP contribution in [-0.4, -0.2) is 40.3 Å². The first-order chi connectivity index (χ1) is 15.1. The minimum Gasteiger partial charge on any atom is -0.507 e. The number of carbonyl (C=O) groups excluding carboxylic acids is 1. The minimum atomic E-state index is -0.427. The van der Waals surface area contributed by atoms with Crippen LogP contribution in [0.25, 0.3) is 6.08 Å². The van der Waals surface area contributed by atoms with Gasteiger partial charge < -0.3 is 14.9 Å². The quantitative estimate of drug-likeness (QED) is 0.492. The van der Waals surface area contributed by atoms with E-state index in [1.807, 2.05) is 30.3 Å². The van der Waals surface area contributed by atoms with Gasteiger partial charge in [0.25, 0.3) is 5.91 Å². The van der Waals surface area contributed by atoms with Gasteiger partial charge in [-0.05, 0) is 35.9 Å². The van der Waals surface area contributed by atoms with Crippen molar-refractivity contribution in [3.05, 3.63) is 95.2 Å². The molecule has 7 heteroatoms. The highest BCUT2D eigenvalue weighted by Gasteiger charge is 2.31. The Kier molecular flexibility index (Phi) is 5.49. The zero-order valence-corrected chi connectivity index (χ0v) is 16.6. The number of rotatable bonds is 5. The van der Waals surface area contributed by atoms with Crippen molar-refractivity contribution in [2.75, 3.05) is 7.11 Å². The average molecular weight is 413 g/mol. The summed E-state index contributed by atoms with van der Waals surface area (Å²) in [4.78, 5) is 17.6. The standard InChI is InChI=1S/C24H19N3O4/c1-31-22-13-16(11-12-21(22)29)15-25-27-23(17-7-3-2-4-8-17)26-19(24(27)30)14-18-9-5-6-10-20(18)28/h2-15,28-29H,1H3/b19-14?,25-15+. The van der Waals surface area contributed by atoms with Crippen LogP contribution in [0, 0.1) is 0 Å². The summed E-state index contributed by atoms with van der Waals surface area (Å²) in [6, 6.07) is 20.7. The van der Waals surface area contributed by atoms with Gasteiger partial charge >= 0.3 is 0 Å². The largest absolute Gasteiger partial charge is 0.507 e. The molecule has 2 N–H and O–H groups in total. The number of hydrazone groups is 1. The molecule has 0 spiro atoms. The van der Waals surface area contributed by atoms with Crippen LogP contribution in [0.3, 0.4) is 0 Å². The van der Waals surface area contributed by atoms with Gasteiger partial charge in [0.1, 0.15) is 11.4 Å². The number of para-hydroxylation sites is 1. The van der Waals surface area contributed by atoms with E-state index in [2.05, 4.69) is 10.1 Å². The predicted molar refractivity (Wildman–Crippen MR) is 118 cm³/mol. The second kappa shape index (κ2) is 8.54. The molecule has 3 aromatic carbocycles. The lowest BCUT2D eigenvalue weighted by Gasteiger charge is -2.12. The normalized spacial score (nSPS) is 15.0. The van der Waals surface area contributed by atoms with Crippen molar-refractivity contribution in [1.29, 1.82) is 0 Å². The number of aliphatic imine (C=N–C) groups is 1. The fourth-order valence-corrected chi connectivity index (χ4v) is 3.04. The fraction of sp³-hybridized carbons (Fsp3) is 0.0417. The molecule has 4 rings (SSSR count). The van der Waals surface area contributed by atoms with Crippen LogP contribution < -0.4 is 4.74 Å². The minimum absolute atomic E-state index is 0.0105. The first-order valence-electron chi connectivity index (χ1n) is 9.46. The van der Waals surface area contributed by atoms with Crippen molar-refractivity contribution < 1.29 is 19.7 Å². The van der Waals surface area contributed by atoms with Crippen LogP contribution in [0.5, 0.6) is 17.2 Å². The topological polar surface area (TPSA) is 94.7 Å². The van der Waals surface area contributed by atoms with Gasteiger partial charge in [0.05, 0.1) is 13.3 Å². The van der Waals surface area contributed by atoms with Crippen LogP contribution in [0.4, 0.5) is 0 Å². The third-order valence-corrected chi connectivity index (χ3v) is 4.63. The maximum absolute atomic E-state index is 13.1. The van der Waals surface area contributed by atoms with Gasteiger partial charge in [-0.15, -0.1) is 0 Å². The van der Waals surface area contributed by atoms with Gasteiger partial charge in [-0.3, -0.25) is 4.79 Å². The Hall–Kier alpha value is -4.39. The zero-order valence-electron chi connectivity index (χ0n) is 16.6. The maximum atomic E-state index is 13.1. The molecule has 1 aliphatic rings. The van der Waals surface area contributed by atoms with Gasteiger partial charge in [0.15, 0.2) is 17.3 Å². The monoisotopic (exact) mass is 413 g/mol. The van der Waals surface area contributed by atoms with Gasteiger partial charge in [-0.2, -0.15) is 10.1 Å². The summed E-state index contributed by atoms with van der Waals surface area (Å²) in [6.45, 7) is 0. The number of benzene rings is 3. The smallest absolute Gasteiger partial charge is 0.298 e. The molecule has 7 nitrogen and oxygen atoms in total. The molecule has 0 saturated carbocycles. The summed E-state index contributed by atoms with van der Waals surface area (Å²) in [5.41, 5.74) is 1.99.